The highest BCUT2D eigenvalue weighted by molar-refractivity contribution is 7.80. The molecule has 0 aromatic rings. The molecule has 2 aliphatic rings. The Labute approximate surface area is 61.2 Å². The van der Waals surface area contributed by atoms with Gasteiger partial charge in [0, 0.05) is 0 Å². The number of hydrogen-bond donors (Lipinski definition) is 1. The van der Waals surface area contributed by atoms with E-state index in [1.54, 1.807) is 0 Å². The molecule has 3 unspecified atom stereocenters. The Bertz CT molecular complexity index is 115. The molecule has 0 N–H and O–H groups in total. The molecule has 1 aliphatic carbocycles. The highest BCUT2D eigenvalue weighted by Gasteiger charge is 2.49. The van der Waals surface area contributed by atoms with Crippen molar-refractivity contribution in [3.8, 4) is 0 Å². The van der Waals surface area contributed by atoms with E-state index in [0.29, 0.717) is 12.2 Å². The molecular weight excluding hydrogens is 132 g/mol. The second-order valence-electron chi connectivity index (χ2n) is 2.99. The number of epoxide rings is 1. The summed E-state index contributed by atoms with van der Waals surface area (Å²) < 4.78 is 5.38. The molecule has 1 nitrogen and oxygen atoms in total. The predicted molar refractivity (Wildman–Crippen MR) is 39.9 cm³/mol. The third-order valence-corrected chi connectivity index (χ3v) is 2.67. The van der Waals surface area contributed by atoms with Crippen LogP contribution in [0.1, 0.15) is 19.3 Å². The van der Waals surface area contributed by atoms with Crippen LogP contribution in [0.15, 0.2) is 0 Å². The monoisotopic (exact) mass is 144 g/mol. The molecule has 0 spiro atoms. The van der Waals surface area contributed by atoms with Gasteiger partial charge in [-0.2, -0.15) is 12.6 Å². The largest absolute Gasteiger partial charge is 0.369 e. The van der Waals surface area contributed by atoms with Gasteiger partial charge in [0.15, 0.2) is 0 Å². The average Bonchev–Trinajstić information content (AvgIpc) is 2.54. The summed E-state index contributed by atoms with van der Waals surface area (Å²) in [6.45, 7) is 0. The van der Waals surface area contributed by atoms with E-state index < -0.39 is 0 Å². The molecule has 9 heavy (non-hydrogen) atoms. The van der Waals surface area contributed by atoms with E-state index >= 15 is 0 Å². The van der Waals surface area contributed by atoms with Crippen molar-refractivity contribution in [3.63, 3.8) is 0 Å². The van der Waals surface area contributed by atoms with Crippen LogP contribution in [0.3, 0.4) is 0 Å². The fraction of sp³-hybridized carbons (Fsp3) is 1.00. The highest BCUT2D eigenvalue weighted by atomic mass is 32.1. The zero-order chi connectivity index (χ0) is 6.27. The lowest BCUT2D eigenvalue weighted by molar-refractivity contribution is 0.262. The molecule has 0 radical (unpaired) electrons. The van der Waals surface area contributed by atoms with E-state index in [-0.39, 0.29) is 0 Å². The van der Waals surface area contributed by atoms with Crippen LogP contribution in [0, 0.1) is 5.92 Å². The number of thiol groups is 1. The average molecular weight is 144 g/mol. The van der Waals surface area contributed by atoms with Gasteiger partial charge in [-0.1, -0.05) is 0 Å². The molecule has 3 atom stereocenters. The van der Waals surface area contributed by atoms with Crippen molar-refractivity contribution in [1.29, 1.82) is 0 Å². The zero-order valence-corrected chi connectivity index (χ0v) is 6.31. The minimum absolute atomic E-state index is 0.650. The Balaban J connectivity index is 1.84. The lowest BCUT2D eigenvalue weighted by Gasteiger charge is -2.06. The predicted octanol–water partition coefficient (Wildman–Crippen LogP) is 1.48. The Kier molecular flexibility index (Phi) is 1.46. The van der Waals surface area contributed by atoms with Gasteiger partial charge in [-0.15, -0.1) is 0 Å². The summed E-state index contributed by atoms with van der Waals surface area (Å²) in [6, 6.07) is 0. The number of ether oxygens (including phenoxy) is 1. The number of rotatable bonds is 2. The molecular formula is C7H12OS. The molecule has 2 fully saturated rings. The summed E-state index contributed by atoms with van der Waals surface area (Å²) in [5.74, 6) is 1.88. The number of hydrogen-bond acceptors (Lipinski definition) is 2. The summed E-state index contributed by atoms with van der Waals surface area (Å²) in [5, 5.41) is 0. The van der Waals surface area contributed by atoms with Gasteiger partial charge in [0.1, 0.15) is 0 Å². The Hall–Kier alpha value is 0.310. The van der Waals surface area contributed by atoms with Crippen molar-refractivity contribution in [2.24, 2.45) is 5.92 Å². The zero-order valence-electron chi connectivity index (χ0n) is 5.42. The Morgan fingerprint density at radius 1 is 1.44 bits per heavy atom. The van der Waals surface area contributed by atoms with E-state index in [4.69, 9.17) is 4.74 Å². The van der Waals surface area contributed by atoms with E-state index in [9.17, 15) is 0 Å². The van der Waals surface area contributed by atoms with E-state index in [0.717, 1.165) is 11.7 Å². The van der Waals surface area contributed by atoms with Crippen LogP contribution in [0.4, 0.5) is 0 Å². The minimum Gasteiger partial charge on any atom is -0.369 e. The quantitative estimate of drug-likeness (QED) is 0.457. The summed E-state index contributed by atoms with van der Waals surface area (Å²) in [6.07, 6.45) is 5.26. The van der Waals surface area contributed by atoms with Gasteiger partial charge in [-0.05, 0) is 30.9 Å². The molecule has 0 aromatic heterocycles. The third-order valence-electron chi connectivity index (χ3n) is 2.41. The molecule has 0 bridgehead atoms. The second kappa shape index (κ2) is 2.17. The number of fused-ring (bicyclic) bond motifs is 1. The maximum Gasteiger partial charge on any atom is 0.0870 e. The van der Waals surface area contributed by atoms with E-state index in [2.05, 4.69) is 12.6 Å². The summed E-state index contributed by atoms with van der Waals surface area (Å²) in [4.78, 5) is 0. The summed E-state index contributed by atoms with van der Waals surface area (Å²) in [7, 11) is 0. The molecule has 1 heterocycles. The Morgan fingerprint density at radius 3 is 2.78 bits per heavy atom. The van der Waals surface area contributed by atoms with Gasteiger partial charge in [-0.25, -0.2) is 0 Å². The van der Waals surface area contributed by atoms with Crippen molar-refractivity contribution in [3.05, 3.63) is 0 Å². The van der Waals surface area contributed by atoms with Crippen LogP contribution < -0.4 is 0 Å². The lowest BCUT2D eigenvalue weighted by Crippen LogP contribution is -2.03. The van der Waals surface area contributed by atoms with Crippen molar-refractivity contribution in [2.75, 3.05) is 5.75 Å². The maximum atomic E-state index is 5.38. The first kappa shape index (κ1) is 6.05. The topological polar surface area (TPSA) is 12.5 Å². The van der Waals surface area contributed by atoms with E-state index in [1.807, 2.05) is 0 Å². The fourth-order valence-corrected chi connectivity index (χ4v) is 2.15. The molecule has 0 aromatic carbocycles. The Morgan fingerprint density at radius 2 is 2.33 bits per heavy atom. The summed E-state index contributed by atoms with van der Waals surface area (Å²) >= 11 is 4.20. The minimum atomic E-state index is 0.650. The van der Waals surface area contributed by atoms with Crippen molar-refractivity contribution in [1.82, 2.24) is 0 Å². The van der Waals surface area contributed by atoms with Crippen molar-refractivity contribution < 1.29 is 4.74 Å². The maximum absolute atomic E-state index is 5.38. The first-order chi connectivity index (χ1) is 4.42. The molecule has 1 saturated heterocycles. The molecule has 2 heteroatoms. The van der Waals surface area contributed by atoms with Gasteiger partial charge in [0.05, 0.1) is 12.2 Å². The smallest absolute Gasteiger partial charge is 0.0870 e. The van der Waals surface area contributed by atoms with Crippen LogP contribution in [0.5, 0.6) is 0 Å². The van der Waals surface area contributed by atoms with Crippen LogP contribution in [-0.4, -0.2) is 18.0 Å². The van der Waals surface area contributed by atoms with E-state index in [1.165, 1.54) is 19.3 Å². The third kappa shape index (κ3) is 0.987. The molecule has 2 rings (SSSR count). The van der Waals surface area contributed by atoms with Gasteiger partial charge in [-0.3, -0.25) is 0 Å². The van der Waals surface area contributed by atoms with Crippen LogP contribution in [-0.2, 0) is 4.74 Å². The van der Waals surface area contributed by atoms with Crippen molar-refractivity contribution >= 4 is 12.6 Å². The van der Waals surface area contributed by atoms with Gasteiger partial charge in [0.25, 0.3) is 0 Å². The van der Waals surface area contributed by atoms with Crippen LogP contribution >= 0.6 is 12.6 Å². The first-order valence-corrected chi connectivity index (χ1v) is 4.31. The SMILES string of the molecule is SCCC1CCC2OC12. The van der Waals surface area contributed by atoms with Gasteiger partial charge < -0.3 is 4.74 Å². The molecule has 1 saturated carbocycles. The fourth-order valence-electron chi connectivity index (χ4n) is 1.82. The lowest BCUT2D eigenvalue weighted by atomic mass is 10.1. The standard InChI is InChI=1S/C7H12OS/c9-4-3-5-1-2-6-7(5)8-6/h5-7,9H,1-4H2. The van der Waals surface area contributed by atoms with Gasteiger partial charge in [0.2, 0.25) is 0 Å². The van der Waals surface area contributed by atoms with Crippen molar-refractivity contribution in [2.45, 2.75) is 31.5 Å². The summed E-state index contributed by atoms with van der Waals surface area (Å²) in [5.41, 5.74) is 0. The second-order valence-corrected chi connectivity index (χ2v) is 3.44. The van der Waals surface area contributed by atoms with Crippen LogP contribution in [0.2, 0.25) is 0 Å². The molecule has 52 valence electrons. The van der Waals surface area contributed by atoms with Gasteiger partial charge >= 0.3 is 0 Å². The normalized spacial score (nSPS) is 47.0. The molecule has 0 amide bonds. The highest BCUT2D eigenvalue weighted by Crippen LogP contribution is 2.44. The molecule has 1 aliphatic heterocycles. The first-order valence-electron chi connectivity index (χ1n) is 3.68. The van der Waals surface area contributed by atoms with Crippen LogP contribution in [0.25, 0.3) is 0 Å².